The van der Waals surface area contributed by atoms with Gasteiger partial charge in [0.15, 0.2) is 0 Å². The lowest BCUT2D eigenvalue weighted by molar-refractivity contribution is 0.0535. The molecule has 0 unspecified atom stereocenters. The summed E-state index contributed by atoms with van der Waals surface area (Å²) in [5.41, 5.74) is 7.94. The Labute approximate surface area is 190 Å². The van der Waals surface area contributed by atoms with Gasteiger partial charge in [-0.1, -0.05) is 6.07 Å². The lowest BCUT2D eigenvalue weighted by atomic mass is 9.97. The summed E-state index contributed by atoms with van der Waals surface area (Å²) < 4.78 is 7.16. The molecule has 0 N–H and O–H groups in total. The van der Waals surface area contributed by atoms with Gasteiger partial charge < -0.3 is 4.74 Å². The molecule has 0 bridgehead atoms. The number of carbonyl (C=O) groups is 1. The van der Waals surface area contributed by atoms with Crippen molar-refractivity contribution in [3.63, 3.8) is 0 Å². The quantitative estimate of drug-likeness (QED) is 0.455. The van der Waals surface area contributed by atoms with E-state index in [0.29, 0.717) is 23.7 Å². The first-order valence-corrected chi connectivity index (χ1v) is 11.0. The van der Waals surface area contributed by atoms with Crippen molar-refractivity contribution in [2.45, 2.75) is 33.0 Å². The number of benzene rings is 2. The predicted molar refractivity (Wildman–Crippen MR) is 122 cm³/mol. The molecule has 0 saturated heterocycles. The number of esters is 1. The van der Waals surface area contributed by atoms with Crippen LogP contribution in [-0.4, -0.2) is 31.9 Å². The highest BCUT2D eigenvalue weighted by Gasteiger charge is 2.25. The highest BCUT2D eigenvalue weighted by atomic mass is 16.5. The van der Waals surface area contributed by atoms with Crippen LogP contribution in [0.3, 0.4) is 0 Å². The number of rotatable bonds is 3. The standard InChI is InChI=1S/C26H21N5O2/c1-16-19(3-4-21-22(16)15-33-25(21)32)13-30-8-7-23-20(14-30)12-28-26(29-23)31-9-6-18-10-17(11-27)2-5-24(18)31/h2-6,9-10,12H,7-8,13-15H2,1H3. The van der Waals surface area contributed by atoms with Gasteiger partial charge in [-0.05, 0) is 48.4 Å². The topological polar surface area (TPSA) is 84.0 Å². The van der Waals surface area contributed by atoms with Gasteiger partial charge in [-0.2, -0.15) is 5.26 Å². The predicted octanol–water partition coefficient (Wildman–Crippen LogP) is 3.83. The van der Waals surface area contributed by atoms with Crippen LogP contribution in [0, 0.1) is 18.3 Å². The van der Waals surface area contributed by atoms with Crippen molar-refractivity contribution in [3.8, 4) is 12.0 Å². The monoisotopic (exact) mass is 435 g/mol. The van der Waals surface area contributed by atoms with Gasteiger partial charge in [0.05, 0.1) is 28.4 Å². The number of nitrogens with zero attached hydrogens (tertiary/aromatic N) is 5. The fourth-order valence-electron chi connectivity index (χ4n) is 4.81. The SMILES string of the molecule is Cc1c(CN2CCc3nc(-n4ccc5cc(C#N)ccc54)ncc3C2)ccc2c1COC2=O. The molecule has 0 amide bonds. The third-order valence-electron chi connectivity index (χ3n) is 6.71. The maximum Gasteiger partial charge on any atom is 0.338 e. The molecule has 162 valence electrons. The van der Waals surface area contributed by atoms with Crippen molar-refractivity contribution in [1.82, 2.24) is 19.4 Å². The van der Waals surface area contributed by atoms with Crippen molar-refractivity contribution in [2.75, 3.05) is 6.54 Å². The van der Waals surface area contributed by atoms with E-state index in [4.69, 9.17) is 15.0 Å². The fourth-order valence-corrected chi connectivity index (χ4v) is 4.81. The highest BCUT2D eigenvalue weighted by Crippen LogP contribution is 2.28. The average molecular weight is 435 g/mol. The molecule has 0 atom stereocenters. The van der Waals surface area contributed by atoms with Crippen molar-refractivity contribution in [1.29, 1.82) is 5.26 Å². The van der Waals surface area contributed by atoms with Crippen LogP contribution < -0.4 is 0 Å². The number of nitriles is 1. The molecule has 0 saturated carbocycles. The fraction of sp³-hybridized carbons (Fsp3) is 0.231. The van der Waals surface area contributed by atoms with Gasteiger partial charge in [0.25, 0.3) is 0 Å². The van der Waals surface area contributed by atoms with E-state index < -0.39 is 0 Å². The molecule has 6 rings (SSSR count). The molecule has 33 heavy (non-hydrogen) atoms. The second-order valence-corrected chi connectivity index (χ2v) is 8.63. The Kier molecular flexibility index (Phi) is 4.49. The van der Waals surface area contributed by atoms with Crippen LogP contribution >= 0.6 is 0 Å². The zero-order chi connectivity index (χ0) is 22.5. The first-order valence-electron chi connectivity index (χ1n) is 11.0. The Bertz CT molecular complexity index is 1480. The molecule has 2 aliphatic rings. The Morgan fingerprint density at radius 3 is 3.00 bits per heavy atom. The van der Waals surface area contributed by atoms with Crippen molar-refractivity contribution >= 4 is 16.9 Å². The van der Waals surface area contributed by atoms with Gasteiger partial charge in [0, 0.05) is 55.0 Å². The molecule has 2 aromatic heterocycles. The van der Waals surface area contributed by atoms with E-state index in [1.807, 2.05) is 53.4 Å². The highest BCUT2D eigenvalue weighted by molar-refractivity contribution is 5.93. The lowest BCUT2D eigenvalue weighted by Gasteiger charge is -2.28. The lowest BCUT2D eigenvalue weighted by Crippen LogP contribution is -2.31. The third kappa shape index (κ3) is 3.27. The molecule has 0 spiro atoms. The molecule has 7 heteroatoms. The minimum atomic E-state index is -0.222. The molecule has 0 fully saturated rings. The van der Waals surface area contributed by atoms with Gasteiger partial charge in [0.1, 0.15) is 6.61 Å². The van der Waals surface area contributed by atoms with E-state index in [0.717, 1.165) is 59.3 Å². The van der Waals surface area contributed by atoms with Gasteiger partial charge in [-0.25, -0.2) is 14.8 Å². The summed E-state index contributed by atoms with van der Waals surface area (Å²) in [6.07, 6.45) is 4.74. The van der Waals surface area contributed by atoms with E-state index in [1.54, 1.807) is 0 Å². The van der Waals surface area contributed by atoms with Crippen molar-refractivity contribution in [2.24, 2.45) is 0 Å². The van der Waals surface area contributed by atoms with E-state index in [2.05, 4.69) is 22.9 Å². The Morgan fingerprint density at radius 2 is 2.12 bits per heavy atom. The number of aromatic nitrogens is 3. The number of hydrogen-bond acceptors (Lipinski definition) is 6. The van der Waals surface area contributed by atoms with E-state index in [1.165, 1.54) is 5.56 Å². The minimum Gasteiger partial charge on any atom is -0.457 e. The van der Waals surface area contributed by atoms with Crippen LogP contribution in [0.15, 0.2) is 48.8 Å². The summed E-state index contributed by atoms with van der Waals surface area (Å²) in [5.74, 6) is 0.432. The van der Waals surface area contributed by atoms with Crippen molar-refractivity contribution in [3.05, 3.63) is 87.9 Å². The summed E-state index contributed by atoms with van der Waals surface area (Å²) in [7, 11) is 0. The van der Waals surface area contributed by atoms with Crippen LogP contribution in [0.1, 0.15) is 43.9 Å². The molecule has 4 heterocycles. The molecule has 4 aromatic rings. The van der Waals surface area contributed by atoms with E-state index in [9.17, 15) is 4.79 Å². The van der Waals surface area contributed by atoms with Gasteiger partial charge >= 0.3 is 5.97 Å². The first-order chi connectivity index (χ1) is 16.1. The van der Waals surface area contributed by atoms with Crippen molar-refractivity contribution < 1.29 is 9.53 Å². The molecular weight excluding hydrogens is 414 g/mol. The molecular formula is C26H21N5O2. The largest absolute Gasteiger partial charge is 0.457 e. The summed E-state index contributed by atoms with van der Waals surface area (Å²) in [6, 6.07) is 13.7. The number of hydrogen-bond donors (Lipinski definition) is 0. The summed E-state index contributed by atoms with van der Waals surface area (Å²) in [5, 5.41) is 10.1. The second kappa shape index (κ2) is 7.54. The number of ether oxygens (including phenoxy) is 1. The molecule has 2 aliphatic heterocycles. The number of carbonyl (C=O) groups excluding carboxylic acids is 1. The zero-order valence-electron chi connectivity index (χ0n) is 18.2. The van der Waals surface area contributed by atoms with E-state index >= 15 is 0 Å². The summed E-state index contributed by atoms with van der Waals surface area (Å²) in [6.45, 7) is 4.97. The van der Waals surface area contributed by atoms with Crippen LogP contribution in [-0.2, 0) is 30.9 Å². The van der Waals surface area contributed by atoms with Gasteiger partial charge in [-0.3, -0.25) is 9.47 Å². The molecule has 2 aromatic carbocycles. The third-order valence-corrected chi connectivity index (χ3v) is 6.71. The van der Waals surface area contributed by atoms with Crippen LogP contribution in [0.2, 0.25) is 0 Å². The maximum atomic E-state index is 11.8. The molecule has 0 aliphatic carbocycles. The summed E-state index contributed by atoms with van der Waals surface area (Å²) in [4.78, 5) is 23.7. The second-order valence-electron chi connectivity index (χ2n) is 8.63. The number of fused-ring (bicyclic) bond motifs is 3. The molecule has 0 radical (unpaired) electrons. The summed E-state index contributed by atoms with van der Waals surface area (Å²) >= 11 is 0. The minimum absolute atomic E-state index is 0.222. The molecule has 7 nitrogen and oxygen atoms in total. The van der Waals surface area contributed by atoms with Gasteiger partial charge in [-0.15, -0.1) is 0 Å². The van der Waals surface area contributed by atoms with Crippen LogP contribution in [0.4, 0.5) is 0 Å². The Balaban J connectivity index is 1.24. The maximum absolute atomic E-state index is 11.8. The normalized spacial score (nSPS) is 15.2. The van der Waals surface area contributed by atoms with Crippen LogP contribution in [0.5, 0.6) is 0 Å². The Morgan fingerprint density at radius 1 is 1.21 bits per heavy atom. The zero-order valence-corrected chi connectivity index (χ0v) is 18.2. The average Bonchev–Trinajstić information content (AvgIpc) is 3.44. The smallest absolute Gasteiger partial charge is 0.338 e. The number of cyclic esters (lactones) is 1. The van der Waals surface area contributed by atoms with Gasteiger partial charge in [0.2, 0.25) is 5.95 Å². The first kappa shape index (κ1) is 19.6. The van der Waals surface area contributed by atoms with Crippen LogP contribution in [0.25, 0.3) is 16.9 Å². The Hall–Kier alpha value is -4.02. The van der Waals surface area contributed by atoms with E-state index in [-0.39, 0.29) is 5.97 Å².